The number of nitrogens with one attached hydrogen (secondary N) is 1. The molecule has 0 aromatic carbocycles. The lowest BCUT2D eigenvalue weighted by Crippen LogP contribution is -1.98. The molecule has 0 aliphatic heterocycles. The molecule has 0 atom stereocenters. The third kappa shape index (κ3) is 4.77. The molecule has 86 valence electrons. The molecule has 15 heavy (non-hydrogen) atoms. The molecule has 0 saturated carbocycles. The zero-order valence-corrected chi connectivity index (χ0v) is 9.71. The molecule has 1 heterocycles. The van der Waals surface area contributed by atoms with Gasteiger partial charge in [0.1, 0.15) is 0 Å². The van der Waals surface area contributed by atoms with Crippen molar-refractivity contribution < 1.29 is 9.47 Å². The molecule has 0 spiro atoms. The van der Waals surface area contributed by atoms with E-state index in [4.69, 9.17) is 9.47 Å². The van der Waals surface area contributed by atoms with Gasteiger partial charge >= 0.3 is 0 Å². The van der Waals surface area contributed by atoms with E-state index in [-0.39, 0.29) is 0 Å². The molecule has 1 N–H and O–H groups in total. The summed E-state index contributed by atoms with van der Waals surface area (Å²) in [6.45, 7) is 5.84. The molecular weight excluding hydrogens is 190 g/mol. The third-order valence-electron chi connectivity index (χ3n) is 2.14. The number of aromatic nitrogens is 1. The van der Waals surface area contributed by atoms with Crippen LogP contribution in [0.5, 0.6) is 11.8 Å². The second kappa shape index (κ2) is 7.21. The van der Waals surface area contributed by atoms with E-state index in [0.29, 0.717) is 0 Å². The summed E-state index contributed by atoms with van der Waals surface area (Å²) < 4.78 is 11.0. The van der Waals surface area contributed by atoms with Crippen LogP contribution in [0, 0.1) is 0 Å². The van der Waals surface area contributed by atoms with Gasteiger partial charge in [-0.25, -0.2) is 0 Å². The first-order valence-corrected chi connectivity index (χ1v) is 5.81. The molecular formula is C12H21NO2. The Kier molecular flexibility index (Phi) is 5.74. The molecule has 1 aromatic rings. The summed E-state index contributed by atoms with van der Waals surface area (Å²) in [5.74, 6) is 1.60. The van der Waals surface area contributed by atoms with Crippen LogP contribution in [0.2, 0.25) is 0 Å². The van der Waals surface area contributed by atoms with Gasteiger partial charge in [-0.3, -0.25) is 4.98 Å². The Hall–Kier alpha value is -1.12. The minimum Gasteiger partial charge on any atom is -0.479 e. The minimum atomic E-state index is 0.769. The third-order valence-corrected chi connectivity index (χ3v) is 2.14. The highest BCUT2D eigenvalue weighted by Gasteiger charge is 1.99. The maximum Gasteiger partial charge on any atom is 0.193 e. The Bertz CT molecular complexity index is 233. The van der Waals surface area contributed by atoms with Crippen LogP contribution in [-0.4, -0.2) is 18.2 Å². The first-order chi connectivity index (χ1) is 7.36. The Morgan fingerprint density at radius 2 is 1.40 bits per heavy atom. The average Bonchev–Trinajstić information content (AvgIpc) is 2.67. The highest BCUT2D eigenvalue weighted by molar-refractivity contribution is 5.22. The Morgan fingerprint density at radius 3 is 1.80 bits per heavy atom. The number of unbranched alkanes of at least 4 members (excludes halogenated alkanes) is 2. The number of hydrogen-bond acceptors (Lipinski definition) is 2. The second-order valence-electron chi connectivity index (χ2n) is 3.59. The summed E-state index contributed by atoms with van der Waals surface area (Å²) in [7, 11) is 0. The van der Waals surface area contributed by atoms with Crippen LogP contribution in [0.15, 0.2) is 12.1 Å². The zero-order chi connectivity index (χ0) is 10.9. The Morgan fingerprint density at radius 1 is 0.933 bits per heavy atom. The molecule has 0 aliphatic rings. The number of aromatic amines is 1. The summed E-state index contributed by atoms with van der Waals surface area (Å²) in [6.07, 6.45) is 4.48. The van der Waals surface area contributed by atoms with Crippen LogP contribution in [0.1, 0.15) is 39.5 Å². The maximum absolute atomic E-state index is 5.50. The SMILES string of the molecule is CCCCOc1ccc(OCCCC)[nH]1. The first-order valence-electron chi connectivity index (χ1n) is 5.81. The van der Waals surface area contributed by atoms with E-state index < -0.39 is 0 Å². The van der Waals surface area contributed by atoms with Gasteiger partial charge in [0, 0.05) is 12.1 Å². The van der Waals surface area contributed by atoms with Crippen LogP contribution < -0.4 is 9.47 Å². The number of rotatable bonds is 8. The number of H-pyrrole nitrogens is 1. The molecule has 0 amide bonds. The molecule has 0 saturated heterocycles. The fourth-order valence-corrected chi connectivity index (χ4v) is 1.18. The zero-order valence-electron chi connectivity index (χ0n) is 9.71. The second-order valence-corrected chi connectivity index (χ2v) is 3.59. The average molecular weight is 211 g/mol. The monoisotopic (exact) mass is 211 g/mol. The molecule has 0 bridgehead atoms. The summed E-state index contributed by atoms with van der Waals surface area (Å²) in [6, 6.07) is 3.83. The molecule has 1 rings (SSSR count). The quantitative estimate of drug-likeness (QED) is 0.669. The largest absolute Gasteiger partial charge is 0.479 e. The van der Waals surface area contributed by atoms with Gasteiger partial charge in [-0.05, 0) is 12.8 Å². The molecule has 3 heteroatoms. The van der Waals surface area contributed by atoms with E-state index in [1.54, 1.807) is 0 Å². The summed E-state index contributed by atoms with van der Waals surface area (Å²) in [5, 5.41) is 0. The van der Waals surface area contributed by atoms with E-state index in [9.17, 15) is 0 Å². The van der Waals surface area contributed by atoms with Crippen molar-refractivity contribution in [2.75, 3.05) is 13.2 Å². The van der Waals surface area contributed by atoms with Crippen molar-refractivity contribution in [1.82, 2.24) is 4.98 Å². The lowest BCUT2D eigenvalue weighted by molar-refractivity contribution is 0.280. The van der Waals surface area contributed by atoms with Gasteiger partial charge < -0.3 is 9.47 Å². The topological polar surface area (TPSA) is 34.2 Å². The molecule has 0 fully saturated rings. The minimum absolute atomic E-state index is 0.769. The van der Waals surface area contributed by atoms with Gasteiger partial charge in [-0.2, -0.15) is 0 Å². The van der Waals surface area contributed by atoms with E-state index in [1.165, 1.54) is 0 Å². The lowest BCUT2D eigenvalue weighted by Gasteiger charge is -2.03. The highest BCUT2D eigenvalue weighted by atomic mass is 16.5. The van der Waals surface area contributed by atoms with Crippen LogP contribution >= 0.6 is 0 Å². The van der Waals surface area contributed by atoms with E-state index >= 15 is 0 Å². The van der Waals surface area contributed by atoms with Gasteiger partial charge in [-0.1, -0.05) is 26.7 Å². The maximum atomic E-state index is 5.50. The number of ether oxygens (including phenoxy) is 2. The molecule has 0 aliphatic carbocycles. The van der Waals surface area contributed by atoms with Gasteiger partial charge in [0.05, 0.1) is 13.2 Å². The van der Waals surface area contributed by atoms with Gasteiger partial charge in [-0.15, -0.1) is 0 Å². The van der Waals surface area contributed by atoms with Crippen LogP contribution in [0.25, 0.3) is 0 Å². The lowest BCUT2D eigenvalue weighted by atomic mass is 10.4. The van der Waals surface area contributed by atoms with Gasteiger partial charge in [0.15, 0.2) is 11.8 Å². The predicted octanol–water partition coefficient (Wildman–Crippen LogP) is 3.37. The fraction of sp³-hybridized carbons (Fsp3) is 0.667. The van der Waals surface area contributed by atoms with Crippen LogP contribution in [-0.2, 0) is 0 Å². The standard InChI is InChI=1S/C12H21NO2/c1-3-5-9-14-11-7-8-12(13-11)15-10-6-4-2/h7-8,13H,3-6,9-10H2,1-2H3. The fourth-order valence-electron chi connectivity index (χ4n) is 1.18. The summed E-state index contributed by atoms with van der Waals surface area (Å²) in [5.41, 5.74) is 0. The normalized spacial score (nSPS) is 10.3. The van der Waals surface area contributed by atoms with Crippen molar-refractivity contribution in [3.63, 3.8) is 0 Å². The molecule has 0 radical (unpaired) electrons. The van der Waals surface area contributed by atoms with Crippen molar-refractivity contribution in [2.45, 2.75) is 39.5 Å². The smallest absolute Gasteiger partial charge is 0.193 e. The van der Waals surface area contributed by atoms with E-state index in [2.05, 4.69) is 18.8 Å². The van der Waals surface area contributed by atoms with Crippen LogP contribution in [0.3, 0.4) is 0 Å². The Labute approximate surface area is 91.8 Å². The van der Waals surface area contributed by atoms with Crippen molar-refractivity contribution in [2.24, 2.45) is 0 Å². The summed E-state index contributed by atoms with van der Waals surface area (Å²) >= 11 is 0. The van der Waals surface area contributed by atoms with Crippen molar-refractivity contribution in [1.29, 1.82) is 0 Å². The number of hydrogen-bond donors (Lipinski definition) is 1. The highest BCUT2D eigenvalue weighted by Crippen LogP contribution is 2.16. The van der Waals surface area contributed by atoms with Gasteiger partial charge in [0.2, 0.25) is 0 Å². The molecule has 3 nitrogen and oxygen atoms in total. The van der Waals surface area contributed by atoms with Crippen LogP contribution in [0.4, 0.5) is 0 Å². The Balaban J connectivity index is 2.23. The first kappa shape index (κ1) is 12.0. The van der Waals surface area contributed by atoms with E-state index in [1.807, 2.05) is 12.1 Å². The van der Waals surface area contributed by atoms with Crippen molar-refractivity contribution >= 4 is 0 Å². The predicted molar refractivity (Wildman–Crippen MR) is 61.6 cm³/mol. The summed E-state index contributed by atoms with van der Waals surface area (Å²) in [4.78, 5) is 3.09. The molecule has 1 aromatic heterocycles. The van der Waals surface area contributed by atoms with E-state index in [0.717, 1.165) is 50.7 Å². The van der Waals surface area contributed by atoms with Gasteiger partial charge in [0.25, 0.3) is 0 Å². The van der Waals surface area contributed by atoms with Crippen molar-refractivity contribution in [3.05, 3.63) is 12.1 Å². The molecule has 0 unspecified atom stereocenters. The van der Waals surface area contributed by atoms with Crippen molar-refractivity contribution in [3.8, 4) is 11.8 Å².